The number of ether oxygens (including phenoxy) is 3. The molecule has 7 heteroatoms. The van der Waals surface area contributed by atoms with Gasteiger partial charge >= 0.3 is 17.9 Å². The van der Waals surface area contributed by atoms with Gasteiger partial charge < -0.3 is 14.2 Å². The first kappa shape index (κ1) is 28.9. The number of rotatable bonds is 16. The fraction of sp³-hybridized carbons (Fsp3) is 0.769. The summed E-state index contributed by atoms with van der Waals surface area (Å²) in [6, 6.07) is 0. The molecule has 1 rings (SSSR count). The average Bonchev–Trinajstić information content (AvgIpc) is 3.07. The van der Waals surface area contributed by atoms with Crippen LogP contribution in [0, 0.1) is 17.8 Å². The summed E-state index contributed by atoms with van der Waals surface area (Å²) in [4.78, 5) is 47.0. The first-order valence-electron chi connectivity index (χ1n) is 12.4. The summed E-state index contributed by atoms with van der Waals surface area (Å²) in [5.41, 5.74) is 0. The van der Waals surface area contributed by atoms with Crippen LogP contribution in [0.25, 0.3) is 0 Å². The summed E-state index contributed by atoms with van der Waals surface area (Å²) in [7, 11) is 1.27. The van der Waals surface area contributed by atoms with Crippen molar-refractivity contribution in [1.29, 1.82) is 0 Å². The van der Waals surface area contributed by atoms with Gasteiger partial charge in [-0.05, 0) is 38.0 Å². The van der Waals surface area contributed by atoms with Crippen molar-refractivity contribution < 1.29 is 33.4 Å². The van der Waals surface area contributed by atoms with Crippen molar-refractivity contribution >= 4 is 23.7 Å². The lowest BCUT2D eigenvalue weighted by molar-refractivity contribution is -0.165. The molecule has 1 saturated carbocycles. The Morgan fingerprint density at radius 1 is 1.03 bits per heavy atom. The number of esters is 3. The van der Waals surface area contributed by atoms with E-state index in [1.165, 1.54) is 40.2 Å². The van der Waals surface area contributed by atoms with Crippen LogP contribution in [-0.4, -0.2) is 43.5 Å². The third-order valence-electron chi connectivity index (χ3n) is 6.22. The van der Waals surface area contributed by atoms with Gasteiger partial charge in [0, 0.05) is 32.1 Å². The van der Waals surface area contributed by atoms with Gasteiger partial charge in [-0.15, -0.1) is 0 Å². The first-order valence-corrected chi connectivity index (χ1v) is 12.4. The molecule has 7 nitrogen and oxygen atoms in total. The Kier molecular flexibility index (Phi) is 14.4. The highest BCUT2D eigenvalue weighted by molar-refractivity contribution is 5.84. The second kappa shape index (κ2) is 16.4. The van der Waals surface area contributed by atoms with Crippen LogP contribution in [-0.2, 0) is 33.4 Å². The Bertz CT molecular complexity index is 655. The Morgan fingerprint density at radius 3 is 2.39 bits per heavy atom. The van der Waals surface area contributed by atoms with Gasteiger partial charge in [-0.1, -0.05) is 51.2 Å². The number of hydrogen-bond acceptors (Lipinski definition) is 7. The summed E-state index contributed by atoms with van der Waals surface area (Å²) >= 11 is 0. The number of methoxy groups -OCH3 is 1. The van der Waals surface area contributed by atoms with Crippen LogP contribution in [0.1, 0.15) is 91.4 Å². The largest absolute Gasteiger partial charge is 0.466 e. The van der Waals surface area contributed by atoms with Crippen molar-refractivity contribution in [1.82, 2.24) is 0 Å². The zero-order chi connectivity index (χ0) is 24.6. The van der Waals surface area contributed by atoms with Gasteiger partial charge in [0.05, 0.1) is 13.7 Å². The Hall–Kier alpha value is -2.18. The number of allylic oxidation sites excluding steroid dienone is 2. The molecule has 0 saturated heterocycles. The second-order valence-electron chi connectivity index (χ2n) is 8.95. The molecule has 0 aromatic rings. The molecule has 1 fully saturated rings. The highest BCUT2D eigenvalue weighted by atomic mass is 16.6. The summed E-state index contributed by atoms with van der Waals surface area (Å²) in [5.74, 6) is -1.08. The van der Waals surface area contributed by atoms with Gasteiger partial charge in [-0.2, -0.15) is 0 Å². The molecule has 1 aliphatic rings. The SMILES string of the molecule is CCCCCCC=C[C@H]1[C@H](COC(C)=O)CC(=O)[C@@H]1CCCCCC(OC(C)=O)C(=O)OC. The standard InChI is InChI=1S/C26H42O7/c1-5-6-7-8-9-11-14-22-21(18-32-19(2)27)17-24(29)23(22)15-12-10-13-16-25(26(30)31-4)33-20(3)28/h11,14,21-23,25H,5-10,12-13,15-18H2,1-4H3/t21-,22-,23+,25?/m0/s1. The minimum atomic E-state index is -0.878. The van der Waals surface area contributed by atoms with Crippen molar-refractivity contribution in [3.05, 3.63) is 12.2 Å². The van der Waals surface area contributed by atoms with Gasteiger partial charge in [0.25, 0.3) is 0 Å². The molecule has 0 bridgehead atoms. The Labute approximate surface area is 198 Å². The molecule has 188 valence electrons. The fourth-order valence-corrected chi connectivity index (χ4v) is 4.50. The van der Waals surface area contributed by atoms with Crippen LogP contribution < -0.4 is 0 Å². The van der Waals surface area contributed by atoms with E-state index in [1.807, 2.05) is 0 Å². The lowest BCUT2D eigenvalue weighted by atomic mass is 9.85. The highest BCUT2D eigenvalue weighted by Gasteiger charge is 2.40. The Morgan fingerprint density at radius 2 is 1.76 bits per heavy atom. The Balaban J connectivity index is 2.59. The van der Waals surface area contributed by atoms with Gasteiger partial charge in [0.15, 0.2) is 6.10 Å². The summed E-state index contributed by atoms with van der Waals surface area (Å²) < 4.78 is 15.0. The van der Waals surface area contributed by atoms with Crippen LogP contribution in [0.5, 0.6) is 0 Å². The maximum absolute atomic E-state index is 12.7. The predicted molar refractivity (Wildman–Crippen MR) is 125 cm³/mol. The van der Waals surface area contributed by atoms with E-state index in [0.29, 0.717) is 19.3 Å². The first-order chi connectivity index (χ1) is 15.8. The molecule has 0 radical (unpaired) electrons. The van der Waals surface area contributed by atoms with Crippen LogP contribution in [0.15, 0.2) is 12.2 Å². The van der Waals surface area contributed by atoms with Crippen LogP contribution in [0.4, 0.5) is 0 Å². The van der Waals surface area contributed by atoms with E-state index in [9.17, 15) is 19.2 Å². The number of Topliss-reactive ketones (excluding diaryl/α,β-unsaturated/α-hetero) is 1. The molecule has 33 heavy (non-hydrogen) atoms. The minimum Gasteiger partial charge on any atom is -0.466 e. The highest BCUT2D eigenvalue weighted by Crippen LogP contribution is 2.39. The number of ketones is 1. The van der Waals surface area contributed by atoms with Crippen LogP contribution >= 0.6 is 0 Å². The number of unbranched alkanes of at least 4 members (excludes halogenated alkanes) is 6. The molecule has 4 atom stereocenters. The smallest absolute Gasteiger partial charge is 0.347 e. The predicted octanol–water partition coefficient (Wildman–Crippen LogP) is 4.95. The molecule has 0 N–H and O–H groups in total. The van der Waals surface area contributed by atoms with Gasteiger partial charge in [0.2, 0.25) is 0 Å². The van der Waals surface area contributed by atoms with E-state index in [0.717, 1.165) is 32.1 Å². The van der Waals surface area contributed by atoms with Crippen molar-refractivity contribution in [3.8, 4) is 0 Å². The van der Waals surface area contributed by atoms with Crippen LogP contribution in [0.2, 0.25) is 0 Å². The summed E-state index contributed by atoms with van der Waals surface area (Å²) in [5, 5.41) is 0. The summed E-state index contributed by atoms with van der Waals surface area (Å²) in [6.45, 7) is 5.14. The lowest BCUT2D eigenvalue weighted by Gasteiger charge is -2.21. The maximum atomic E-state index is 12.7. The van der Waals surface area contributed by atoms with E-state index < -0.39 is 18.0 Å². The van der Waals surface area contributed by atoms with Crippen molar-refractivity contribution in [2.75, 3.05) is 13.7 Å². The van der Waals surface area contributed by atoms with E-state index in [1.54, 1.807) is 0 Å². The molecule has 1 unspecified atom stereocenters. The van der Waals surface area contributed by atoms with Crippen LogP contribution in [0.3, 0.4) is 0 Å². The minimum absolute atomic E-state index is 0.0333. The molecule has 0 amide bonds. The molecule has 0 heterocycles. The summed E-state index contributed by atoms with van der Waals surface area (Å²) in [6.07, 6.45) is 13.2. The molecule has 0 aromatic carbocycles. The van der Waals surface area contributed by atoms with Gasteiger partial charge in [0.1, 0.15) is 5.78 Å². The molecule has 1 aliphatic carbocycles. The maximum Gasteiger partial charge on any atom is 0.347 e. The molecular formula is C26H42O7. The average molecular weight is 467 g/mol. The number of carbonyl (C=O) groups is 4. The van der Waals surface area contributed by atoms with Crippen molar-refractivity contribution in [2.45, 2.75) is 97.5 Å². The van der Waals surface area contributed by atoms with E-state index >= 15 is 0 Å². The quantitative estimate of drug-likeness (QED) is 0.137. The van der Waals surface area contributed by atoms with E-state index in [-0.39, 0.29) is 36.1 Å². The molecule has 0 spiro atoms. The second-order valence-corrected chi connectivity index (χ2v) is 8.95. The number of hydrogen-bond donors (Lipinski definition) is 0. The fourth-order valence-electron chi connectivity index (χ4n) is 4.50. The number of carbonyl (C=O) groups excluding carboxylic acids is 4. The molecular weight excluding hydrogens is 424 g/mol. The van der Waals surface area contributed by atoms with E-state index in [4.69, 9.17) is 14.2 Å². The zero-order valence-corrected chi connectivity index (χ0v) is 20.8. The van der Waals surface area contributed by atoms with Gasteiger partial charge in [-0.3, -0.25) is 14.4 Å². The third-order valence-corrected chi connectivity index (χ3v) is 6.22. The van der Waals surface area contributed by atoms with Crippen molar-refractivity contribution in [3.63, 3.8) is 0 Å². The monoisotopic (exact) mass is 466 g/mol. The van der Waals surface area contributed by atoms with Gasteiger partial charge in [-0.25, -0.2) is 4.79 Å². The van der Waals surface area contributed by atoms with Crippen molar-refractivity contribution in [2.24, 2.45) is 17.8 Å². The zero-order valence-electron chi connectivity index (χ0n) is 20.8. The molecule has 0 aliphatic heterocycles. The lowest BCUT2D eigenvalue weighted by Crippen LogP contribution is -2.27. The third kappa shape index (κ3) is 11.5. The topological polar surface area (TPSA) is 96.0 Å². The molecule has 0 aromatic heterocycles. The normalized spacial score (nSPS) is 21.2. The van der Waals surface area contributed by atoms with E-state index in [2.05, 4.69) is 19.1 Å².